The third-order valence-electron chi connectivity index (χ3n) is 1.77. The third-order valence-corrected chi connectivity index (χ3v) is 3.18. The molecule has 0 amide bonds. The van der Waals surface area contributed by atoms with Crippen molar-refractivity contribution in [3.8, 4) is 0 Å². The molecule has 0 saturated carbocycles. The first-order valence-electron chi connectivity index (χ1n) is 4.68. The Bertz CT molecular complexity index is 466. The first-order valence-corrected chi connectivity index (χ1v) is 6.16. The van der Waals surface area contributed by atoms with E-state index in [9.17, 15) is 8.42 Å². The fraction of sp³-hybridized carbons (Fsp3) is 0.0909. The van der Waals surface area contributed by atoms with Crippen LogP contribution in [0.25, 0.3) is 0 Å². The largest absolute Gasteiger partial charge is 0.368 e. The molecule has 0 atom stereocenters. The van der Waals surface area contributed by atoms with Gasteiger partial charge in [-0.3, -0.25) is 4.72 Å². The predicted octanol–water partition coefficient (Wildman–Crippen LogP) is 1.21. The Hall–Kier alpha value is -1.75. The molecule has 0 aliphatic carbocycles. The molecule has 1 aromatic rings. The lowest BCUT2D eigenvalue weighted by atomic mass is 10.4. The smallest absolute Gasteiger partial charge is 0.262 e. The Morgan fingerprint density at radius 3 is 2.50 bits per heavy atom. The highest BCUT2D eigenvalue weighted by molar-refractivity contribution is 7.89. The summed E-state index contributed by atoms with van der Waals surface area (Å²) in [6, 6.07) is 8.11. The SMILES string of the molecule is C=CCNC(=C)NS(=O)(=O)c1ccccc1. The van der Waals surface area contributed by atoms with Gasteiger partial charge < -0.3 is 5.32 Å². The monoisotopic (exact) mass is 238 g/mol. The van der Waals surface area contributed by atoms with Gasteiger partial charge in [-0.2, -0.15) is 0 Å². The summed E-state index contributed by atoms with van der Waals surface area (Å²) < 4.78 is 25.9. The van der Waals surface area contributed by atoms with E-state index in [0.29, 0.717) is 6.54 Å². The van der Waals surface area contributed by atoms with Gasteiger partial charge in [-0.15, -0.1) is 6.58 Å². The van der Waals surface area contributed by atoms with Gasteiger partial charge in [0, 0.05) is 6.54 Å². The topological polar surface area (TPSA) is 58.2 Å². The van der Waals surface area contributed by atoms with Crippen LogP contribution >= 0.6 is 0 Å². The van der Waals surface area contributed by atoms with Crippen molar-refractivity contribution in [2.75, 3.05) is 6.54 Å². The Labute approximate surface area is 95.7 Å². The predicted molar refractivity (Wildman–Crippen MR) is 64.1 cm³/mol. The van der Waals surface area contributed by atoms with Crippen molar-refractivity contribution in [1.29, 1.82) is 0 Å². The van der Waals surface area contributed by atoms with Gasteiger partial charge in [-0.1, -0.05) is 30.9 Å². The summed E-state index contributed by atoms with van der Waals surface area (Å²) in [5, 5.41) is 2.76. The van der Waals surface area contributed by atoms with Gasteiger partial charge in [0.15, 0.2) is 0 Å². The summed E-state index contributed by atoms with van der Waals surface area (Å²) in [7, 11) is -3.54. The van der Waals surface area contributed by atoms with Crippen molar-refractivity contribution in [2.45, 2.75) is 4.90 Å². The van der Waals surface area contributed by atoms with Gasteiger partial charge in [-0.25, -0.2) is 8.42 Å². The number of sulfonamides is 1. The van der Waals surface area contributed by atoms with Crippen LogP contribution in [-0.2, 0) is 10.0 Å². The maximum Gasteiger partial charge on any atom is 0.262 e. The second-order valence-electron chi connectivity index (χ2n) is 3.07. The third kappa shape index (κ3) is 3.43. The minimum Gasteiger partial charge on any atom is -0.368 e. The fourth-order valence-electron chi connectivity index (χ4n) is 1.05. The lowest BCUT2D eigenvalue weighted by molar-refractivity contribution is 0.585. The van der Waals surface area contributed by atoms with E-state index in [1.54, 1.807) is 24.3 Å². The van der Waals surface area contributed by atoms with Crippen LogP contribution in [0.4, 0.5) is 0 Å². The molecule has 0 radical (unpaired) electrons. The van der Waals surface area contributed by atoms with Crippen LogP contribution in [0, 0.1) is 0 Å². The Morgan fingerprint density at radius 2 is 1.94 bits per heavy atom. The van der Waals surface area contributed by atoms with Crippen molar-refractivity contribution in [3.63, 3.8) is 0 Å². The zero-order valence-corrected chi connectivity index (χ0v) is 9.63. The van der Waals surface area contributed by atoms with Gasteiger partial charge in [0.2, 0.25) is 0 Å². The lowest BCUT2D eigenvalue weighted by Crippen LogP contribution is -2.30. The summed E-state index contributed by atoms with van der Waals surface area (Å²) in [5.41, 5.74) is 0. The maximum atomic E-state index is 11.8. The second-order valence-corrected chi connectivity index (χ2v) is 4.75. The molecule has 5 heteroatoms. The van der Waals surface area contributed by atoms with Crippen molar-refractivity contribution in [3.05, 3.63) is 55.4 Å². The van der Waals surface area contributed by atoms with Crippen molar-refractivity contribution >= 4 is 10.0 Å². The first-order chi connectivity index (χ1) is 7.56. The van der Waals surface area contributed by atoms with Crippen LogP contribution in [0.15, 0.2) is 60.3 Å². The molecule has 1 rings (SSSR count). The Balaban J connectivity index is 2.73. The molecule has 16 heavy (non-hydrogen) atoms. The molecule has 2 N–H and O–H groups in total. The van der Waals surface area contributed by atoms with Crippen LogP contribution in [0.5, 0.6) is 0 Å². The van der Waals surface area contributed by atoms with E-state index in [2.05, 4.69) is 23.2 Å². The van der Waals surface area contributed by atoms with Crippen LogP contribution < -0.4 is 10.0 Å². The average Bonchev–Trinajstić information content (AvgIpc) is 2.27. The molecule has 0 fully saturated rings. The van der Waals surface area contributed by atoms with Crippen molar-refractivity contribution < 1.29 is 8.42 Å². The van der Waals surface area contributed by atoms with Gasteiger partial charge in [-0.05, 0) is 12.1 Å². The second kappa shape index (κ2) is 5.37. The van der Waals surface area contributed by atoms with Gasteiger partial charge >= 0.3 is 0 Å². The summed E-state index contributed by atoms with van der Waals surface area (Å²) in [5.74, 6) is 0.226. The number of hydrogen-bond donors (Lipinski definition) is 2. The maximum absolute atomic E-state index is 11.8. The molecular formula is C11H14N2O2S. The number of benzene rings is 1. The average molecular weight is 238 g/mol. The molecule has 0 aliphatic heterocycles. The van der Waals surface area contributed by atoms with E-state index in [1.807, 2.05) is 0 Å². The number of nitrogens with one attached hydrogen (secondary N) is 2. The minimum atomic E-state index is -3.54. The van der Waals surface area contributed by atoms with Crippen LogP contribution in [-0.4, -0.2) is 15.0 Å². The summed E-state index contributed by atoms with van der Waals surface area (Å²) in [6.07, 6.45) is 1.61. The zero-order chi connectivity index (χ0) is 12.0. The number of hydrogen-bond acceptors (Lipinski definition) is 3. The van der Waals surface area contributed by atoms with E-state index in [4.69, 9.17) is 0 Å². The van der Waals surface area contributed by atoms with E-state index < -0.39 is 10.0 Å². The Kier molecular flexibility index (Phi) is 4.13. The molecule has 0 heterocycles. The van der Waals surface area contributed by atoms with Crippen LogP contribution in [0.1, 0.15) is 0 Å². The van der Waals surface area contributed by atoms with Gasteiger partial charge in [0.25, 0.3) is 10.0 Å². The van der Waals surface area contributed by atoms with Crippen LogP contribution in [0.2, 0.25) is 0 Å². The molecule has 1 aromatic carbocycles. The van der Waals surface area contributed by atoms with E-state index in [1.165, 1.54) is 12.1 Å². The Morgan fingerprint density at radius 1 is 1.31 bits per heavy atom. The van der Waals surface area contributed by atoms with Gasteiger partial charge in [0.1, 0.15) is 5.82 Å². The molecule has 0 spiro atoms. The van der Waals surface area contributed by atoms with Crippen molar-refractivity contribution in [1.82, 2.24) is 10.0 Å². The van der Waals surface area contributed by atoms with Gasteiger partial charge in [0.05, 0.1) is 4.90 Å². The standard InChI is InChI=1S/C11H14N2O2S/c1-3-9-12-10(2)13-16(14,15)11-7-5-4-6-8-11/h3-8,12-13H,1-2,9H2. The fourth-order valence-corrected chi connectivity index (χ4v) is 2.08. The van der Waals surface area contributed by atoms with Crippen LogP contribution in [0.3, 0.4) is 0 Å². The van der Waals surface area contributed by atoms with E-state index >= 15 is 0 Å². The highest BCUT2D eigenvalue weighted by Crippen LogP contribution is 2.07. The molecule has 4 nitrogen and oxygen atoms in total. The molecule has 0 unspecified atom stereocenters. The van der Waals surface area contributed by atoms with E-state index in [-0.39, 0.29) is 10.7 Å². The summed E-state index contributed by atoms with van der Waals surface area (Å²) >= 11 is 0. The molecular weight excluding hydrogens is 224 g/mol. The minimum absolute atomic E-state index is 0.205. The van der Waals surface area contributed by atoms with Crippen molar-refractivity contribution in [2.24, 2.45) is 0 Å². The highest BCUT2D eigenvalue weighted by Gasteiger charge is 2.13. The first kappa shape index (κ1) is 12.3. The summed E-state index contributed by atoms with van der Waals surface area (Å²) in [6.45, 7) is 7.51. The lowest BCUT2D eigenvalue weighted by Gasteiger charge is -2.11. The molecule has 0 bridgehead atoms. The quantitative estimate of drug-likeness (QED) is 0.732. The molecule has 0 saturated heterocycles. The molecule has 86 valence electrons. The number of rotatable bonds is 6. The summed E-state index contributed by atoms with van der Waals surface area (Å²) in [4.78, 5) is 0.205. The molecule has 0 aliphatic rings. The highest BCUT2D eigenvalue weighted by atomic mass is 32.2. The van der Waals surface area contributed by atoms with E-state index in [0.717, 1.165) is 0 Å². The normalized spacial score (nSPS) is 10.5. The molecule has 0 aromatic heterocycles. The zero-order valence-electron chi connectivity index (χ0n) is 8.81.